The molecule has 2 N–H and O–H groups in total. The number of likely N-dealkylation sites (N-methyl/N-ethyl adjacent to an activating group) is 1. The summed E-state index contributed by atoms with van der Waals surface area (Å²) in [4.78, 5) is 20.9. The van der Waals surface area contributed by atoms with Crippen LogP contribution in [-0.2, 0) is 0 Å². The zero-order valence-electron chi connectivity index (χ0n) is 13.2. The molecule has 0 amide bonds. The molecule has 0 bridgehead atoms. The van der Waals surface area contributed by atoms with Crippen LogP contribution in [0.3, 0.4) is 0 Å². The minimum atomic E-state index is -0.985. The van der Waals surface area contributed by atoms with Crippen LogP contribution in [0.15, 0.2) is 0 Å². The van der Waals surface area contributed by atoms with E-state index in [0.717, 1.165) is 0 Å². The molecule has 0 aliphatic rings. The molecular weight excluding hydrogens is 274 g/mol. The van der Waals surface area contributed by atoms with E-state index in [-0.39, 0.29) is 18.1 Å². The number of nitrogens with zero attached hydrogens (tertiary/aromatic N) is 4. The molecule has 0 aromatic carbocycles. The lowest BCUT2D eigenvalue weighted by atomic mass is 10.1. The number of aromatic nitrogens is 2. The van der Waals surface area contributed by atoms with Gasteiger partial charge in [0.05, 0.1) is 10.5 Å². The maximum atomic E-state index is 11.3. The minimum Gasteiger partial charge on any atom is -0.389 e. The second-order valence-corrected chi connectivity index (χ2v) is 5.42. The number of hydrogen-bond acceptors (Lipinski definition) is 7. The van der Waals surface area contributed by atoms with Gasteiger partial charge in [0.15, 0.2) is 0 Å². The van der Waals surface area contributed by atoms with Gasteiger partial charge in [0.2, 0.25) is 11.8 Å². The van der Waals surface area contributed by atoms with Crippen LogP contribution in [-0.4, -0.2) is 45.2 Å². The predicted molar refractivity (Wildman–Crippen MR) is 81.8 cm³/mol. The van der Waals surface area contributed by atoms with E-state index in [0.29, 0.717) is 24.7 Å². The second kappa shape index (κ2) is 6.66. The van der Waals surface area contributed by atoms with E-state index < -0.39 is 10.5 Å². The smallest absolute Gasteiger partial charge is 0.332 e. The second-order valence-electron chi connectivity index (χ2n) is 5.42. The van der Waals surface area contributed by atoms with Crippen molar-refractivity contribution in [3.63, 3.8) is 0 Å². The Kier molecular flexibility index (Phi) is 5.42. The number of nitro groups is 1. The molecule has 0 saturated carbocycles. The number of aryl methyl sites for hydroxylation is 1. The molecule has 0 spiro atoms. The highest BCUT2D eigenvalue weighted by Gasteiger charge is 2.28. The molecule has 0 aliphatic carbocycles. The lowest BCUT2D eigenvalue weighted by molar-refractivity contribution is -0.385. The number of nitrogens with one attached hydrogen (secondary N) is 1. The SMILES string of the molecule is CCNc1nc(C)c([N+](=O)[O-])c(N(CC)CC(C)(C)O)n1. The molecule has 21 heavy (non-hydrogen) atoms. The maximum absolute atomic E-state index is 11.3. The molecule has 1 aromatic rings. The molecule has 8 heteroatoms. The summed E-state index contributed by atoms with van der Waals surface area (Å²) < 4.78 is 0. The Balaban J connectivity index is 3.37. The lowest BCUT2D eigenvalue weighted by Crippen LogP contribution is -2.39. The van der Waals surface area contributed by atoms with Gasteiger partial charge in [0.25, 0.3) is 0 Å². The van der Waals surface area contributed by atoms with Gasteiger partial charge in [-0.3, -0.25) is 10.1 Å². The highest BCUT2D eigenvalue weighted by molar-refractivity contribution is 5.62. The summed E-state index contributed by atoms with van der Waals surface area (Å²) >= 11 is 0. The third kappa shape index (κ3) is 4.52. The number of hydrogen-bond donors (Lipinski definition) is 2. The molecule has 0 saturated heterocycles. The van der Waals surface area contributed by atoms with Gasteiger partial charge in [-0.15, -0.1) is 0 Å². The Labute approximate surface area is 124 Å². The third-order valence-electron chi connectivity index (χ3n) is 2.82. The first-order valence-corrected chi connectivity index (χ1v) is 6.93. The van der Waals surface area contributed by atoms with Gasteiger partial charge in [-0.05, 0) is 34.6 Å². The van der Waals surface area contributed by atoms with Crippen LogP contribution in [0.25, 0.3) is 0 Å². The van der Waals surface area contributed by atoms with E-state index in [2.05, 4.69) is 15.3 Å². The fraction of sp³-hybridized carbons (Fsp3) is 0.692. The molecule has 118 valence electrons. The summed E-state index contributed by atoms with van der Waals surface area (Å²) in [6, 6.07) is 0. The number of anilines is 2. The lowest BCUT2D eigenvalue weighted by Gasteiger charge is -2.29. The van der Waals surface area contributed by atoms with Crippen molar-refractivity contribution in [1.82, 2.24) is 9.97 Å². The van der Waals surface area contributed by atoms with Crippen LogP contribution >= 0.6 is 0 Å². The van der Waals surface area contributed by atoms with Crippen molar-refractivity contribution in [1.29, 1.82) is 0 Å². The van der Waals surface area contributed by atoms with Crippen molar-refractivity contribution in [3.05, 3.63) is 15.8 Å². The van der Waals surface area contributed by atoms with Crippen LogP contribution in [0, 0.1) is 17.0 Å². The summed E-state index contributed by atoms with van der Waals surface area (Å²) in [5.41, 5.74) is -0.806. The van der Waals surface area contributed by atoms with Gasteiger partial charge in [0, 0.05) is 19.6 Å². The zero-order chi connectivity index (χ0) is 16.2. The Morgan fingerprint density at radius 2 is 2.00 bits per heavy atom. The van der Waals surface area contributed by atoms with Crippen molar-refractivity contribution in [2.45, 2.75) is 40.2 Å². The van der Waals surface area contributed by atoms with E-state index in [1.165, 1.54) is 0 Å². The van der Waals surface area contributed by atoms with Crippen LogP contribution < -0.4 is 10.2 Å². The molecule has 0 fully saturated rings. The largest absolute Gasteiger partial charge is 0.389 e. The Hall–Kier alpha value is -1.96. The quantitative estimate of drug-likeness (QED) is 0.583. The molecule has 0 aliphatic heterocycles. The average molecular weight is 297 g/mol. The van der Waals surface area contributed by atoms with Crippen molar-refractivity contribution in [2.24, 2.45) is 0 Å². The van der Waals surface area contributed by atoms with E-state index in [1.54, 1.807) is 25.7 Å². The summed E-state index contributed by atoms with van der Waals surface area (Å²) in [5, 5.41) is 24.3. The van der Waals surface area contributed by atoms with Gasteiger partial charge in [0.1, 0.15) is 5.69 Å². The molecule has 1 aromatic heterocycles. The van der Waals surface area contributed by atoms with E-state index in [1.807, 2.05) is 13.8 Å². The number of rotatable bonds is 7. The number of aliphatic hydroxyl groups is 1. The topological polar surface area (TPSA) is 104 Å². The fourth-order valence-corrected chi connectivity index (χ4v) is 2.03. The van der Waals surface area contributed by atoms with Crippen LogP contribution in [0.4, 0.5) is 17.5 Å². The van der Waals surface area contributed by atoms with Crippen LogP contribution in [0.5, 0.6) is 0 Å². The standard InChI is InChI=1S/C13H23N5O3/c1-6-14-12-15-9(3)10(18(20)21)11(16-12)17(7-2)8-13(4,5)19/h19H,6-8H2,1-5H3,(H,14,15,16). The Bertz CT molecular complexity index is 513. The molecule has 1 heterocycles. The van der Waals surface area contributed by atoms with Crippen LogP contribution in [0.1, 0.15) is 33.4 Å². The third-order valence-corrected chi connectivity index (χ3v) is 2.82. The van der Waals surface area contributed by atoms with Gasteiger partial charge in [-0.2, -0.15) is 4.98 Å². The first kappa shape index (κ1) is 17.1. The van der Waals surface area contributed by atoms with Gasteiger partial charge >= 0.3 is 5.69 Å². The summed E-state index contributed by atoms with van der Waals surface area (Å²) in [6.07, 6.45) is 0. The summed E-state index contributed by atoms with van der Waals surface area (Å²) in [5.74, 6) is 0.581. The highest BCUT2D eigenvalue weighted by Crippen LogP contribution is 2.30. The monoisotopic (exact) mass is 297 g/mol. The minimum absolute atomic E-state index is 0.122. The van der Waals surface area contributed by atoms with Crippen LogP contribution in [0.2, 0.25) is 0 Å². The Morgan fingerprint density at radius 1 is 1.38 bits per heavy atom. The molecule has 0 radical (unpaired) electrons. The first-order chi connectivity index (χ1) is 9.69. The fourth-order valence-electron chi connectivity index (χ4n) is 2.03. The normalized spacial score (nSPS) is 11.3. The highest BCUT2D eigenvalue weighted by atomic mass is 16.6. The van der Waals surface area contributed by atoms with E-state index in [9.17, 15) is 15.2 Å². The van der Waals surface area contributed by atoms with Crippen molar-refractivity contribution >= 4 is 17.5 Å². The van der Waals surface area contributed by atoms with E-state index >= 15 is 0 Å². The summed E-state index contributed by atoms with van der Waals surface area (Å²) in [7, 11) is 0. The molecule has 0 atom stereocenters. The van der Waals surface area contributed by atoms with E-state index in [4.69, 9.17) is 0 Å². The van der Waals surface area contributed by atoms with Gasteiger partial charge in [-0.1, -0.05) is 0 Å². The van der Waals surface area contributed by atoms with Gasteiger partial charge < -0.3 is 15.3 Å². The zero-order valence-corrected chi connectivity index (χ0v) is 13.2. The molecule has 1 rings (SSSR count). The van der Waals surface area contributed by atoms with Crippen molar-refractivity contribution in [2.75, 3.05) is 29.9 Å². The van der Waals surface area contributed by atoms with Crippen molar-refractivity contribution < 1.29 is 10.0 Å². The van der Waals surface area contributed by atoms with Gasteiger partial charge in [-0.25, -0.2) is 4.98 Å². The maximum Gasteiger partial charge on any atom is 0.332 e. The molecule has 8 nitrogen and oxygen atoms in total. The summed E-state index contributed by atoms with van der Waals surface area (Å²) in [6.45, 7) is 10.0. The first-order valence-electron chi connectivity index (χ1n) is 6.93. The van der Waals surface area contributed by atoms with Crippen molar-refractivity contribution in [3.8, 4) is 0 Å². The average Bonchev–Trinajstić information content (AvgIpc) is 2.34. The molecule has 0 unspecified atom stereocenters. The Morgan fingerprint density at radius 3 is 2.43 bits per heavy atom. The molecular formula is C13H23N5O3. The predicted octanol–water partition coefficient (Wildman–Crippen LogP) is 1.72.